The van der Waals surface area contributed by atoms with Crippen LogP contribution in [0.3, 0.4) is 0 Å². The van der Waals surface area contributed by atoms with E-state index in [2.05, 4.69) is 6.07 Å². The Balaban J connectivity index is 2.22. The summed E-state index contributed by atoms with van der Waals surface area (Å²) in [6.07, 6.45) is 1.31. The topological polar surface area (TPSA) is 62.5 Å². The number of aliphatic hydroxyl groups excluding tert-OH is 1. The van der Waals surface area contributed by atoms with Gasteiger partial charge in [0.2, 0.25) is 0 Å². The Labute approximate surface area is 71.7 Å². The highest BCUT2D eigenvalue weighted by Gasteiger charge is 2.45. The van der Waals surface area contributed by atoms with Crippen LogP contribution in [-0.2, 0) is 9.47 Å². The number of aliphatic hydroxyl groups is 1. The van der Waals surface area contributed by atoms with E-state index in [0.717, 1.165) is 0 Å². The van der Waals surface area contributed by atoms with E-state index < -0.39 is 5.41 Å². The quantitative estimate of drug-likeness (QED) is 0.617. The van der Waals surface area contributed by atoms with Gasteiger partial charge in [-0.15, -0.1) is 0 Å². The molecule has 0 spiro atoms. The van der Waals surface area contributed by atoms with Gasteiger partial charge in [0.1, 0.15) is 6.79 Å². The molecule has 0 aliphatic heterocycles. The lowest BCUT2D eigenvalue weighted by Crippen LogP contribution is -2.44. The molecule has 1 aliphatic carbocycles. The molecule has 1 saturated carbocycles. The average Bonchev–Trinajstić information content (AvgIpc) is 2.04. The molecule has 1 aliphatic rings. The Morgan fingerprint density at radius 3 is 2.75 bits per heavy atom. The largest absolute Gasteiger partial charge is 0.395 e. The number of methoxy groups -OCH3 is 1. The molecular weight excluding hydrogens is 158 g/mol. The van der Waals surface area contributed by atoms with Crippen LogP contribution in [0, 0.1) is 16.7 Å². The second-order valence-corrected chi connectivity index (χ2v) is 3.15. The van der Waals surface area contributed by atoms with Crippen molar-refractivity contribution in [1.29, 1.82) is 5.26 Å². The molecule has 1 rings (SSSR count). The maximum absolute atomic E-state index is 8.87. The first-order valence-corrected chi connectivity index (χ1v) is 3.89. The molecule has 0 aromatic carbocycles. The first-order chi connectivity index (χ1) is 5.76. The molecule has 0 amide bonds. The highest BCUT2D eigenvalue weighted by atomic mass is 16.7. The number of nitriles is 1. The molecule has 0 heterocycles. The van der Waals surface area contributed by atoms with Gasteiger partial charge in [0.05, 0.1) is 24.2 Å². The van der Waals surface area contributed by atoms with Gasteiger partial charge < -0.3 is 14.6 Å². The van der Waals surface area contributed by atoms with Gasteiger partial charge in [-0.3, -0.25) is 0 Å². The third-order valence-corrected chi connectivity index (χ3v) is 2.20. The van der Waals surface area contributed by atoms with Gasteiger partial charge in [-0.05, 0) is 12.8 Å². The predicted molar refractivity (Wildman–Crippen MR) is 41.1 cm³/mol. The van der Waals surface area contributed by atoms with Crippen LogP contribution in [0.25, 0.3) is 0 Å². The molecule has 0 bridgehead atoms. The number of rotatable bonds is 4. The second-order valence-electron chi connectivity index (χ2n) is 3.15. The van der Waals surface area contributed by atoms with E-state index in [1.165, 1.54) is 0 Å². The van der Waals surface area contributed by atoms with Crippen LogP contribution in [0.1, 0.15) is 12.8 Å². The van der Waals surface area contributed by atoms with Gasteiger partial charge in [-0.25, -0.2) is 0 Å². The SMILES string of the molecule is COCOC1CC(C#N)(CO)C1. The molecule has 12 heavy (non-hydrogen) atoms. The fraction of sp³-hybridized carbons (Fsp3) is 0.875. The lowest BCUT2D eigenvalue weighted by molar-refractivity contribution is -0.135. The van der Waals surface area contributed by atoms with Crippen molar-refractivity contribution in [2.45, 2.75) is 18.9 Å². The normalized spacial score (nSPS) is 33.9. The van der Waals surface area contributed by atoms with Crippen LogP contribution < -0.4 is 0 Å². The van der Waals surface area contributed by atoms with Gasteiger partial charge >= 0.3 is 0 Å². The molecule has 68 valence electrons. The molecule has 4 nitrogen and oxygen atoms in total. The van der Waals surface area contributed by atoms with Gasteiger partial charge in [0, 0.05) is 7.11 Å². The van der Waals surface area contributed by atoms with Gasteiger partial charge in [0.15, 0.2) is 0 Å². The summed E-state index contributed by atoms with van der Waals surface area (Å²) < 4.78 is 9.92. The summed E-state index contributed by atoms with van der Waals surface area (Å²) in [5.74, 6) is 0. The van der Waals surface area contributed by atoms with Crippen LogP contribution in [0.5, 0.6) is 0 Å². The van der Waals surface area contributed by atoms with Crippen LogP contribution >= 0.6 is 0 Å². The Morgan fingerprint density at radius 1 is 1.67 bits per heavy atom. The zero-order valence-corrected chi connectivity index (χ0v) is 7.12. The van der Waals surface area contributed by atoms with E-state index in [4.69, 9.17) is 19.8 Å². The van der Waals surface area contributed by atoms with Crippen molar-refractivity contribution < 1.29 is 14.6 Å². The van der Waals surface area contributed by atoms with Gasteiger partial charge in [0.25, 0.3) is 0 Å². The summed E-state index contributed by atoms with van der Waals surface area (Å²) in [6, 6.07) is 2.10. The van der Waals surface area contributed by atoms with Crippen LogP contribution in [0.2, 0.25) is 0 Å². The van der Waals surface area contributed by atoms with Crippen molar-refractivity contribution in [3.63, 3.8) is 0 Å². The van der Waals surface area contributed by atoms with E-state index >= 15 is 0 Å². The van der Waals surface area contributed by atoms with Crippen molar-refractivity contribution in [2.75, 3.05) is 20.5 Å². The monoisotopic (exact) mass is 171 g/mol. The zero-order chi connectivity index (χ0) is 9.03. The minimum Gasteiger partial charge on any atom is -0.395 e. The van der Waals surface area contributed by atoms with E-state index in [1.54, 1.807) is 7.11 Å². The number of hydrogen-bond acceptors (Lipinski definition) is 4. The summed E-state index contributed by atoms with van der Waals surface area (Å²) in [5, 5.41) is 17.6. The molecule has 0 aromatic rings. The van der Waals surface area contributed by atoms with Gasteiger partial charge in [-0.2, -0.15) is 5.26 Å². The Morgan fingerprint density at radius 2 is 2.33 bits per heavy atom. The lowest BCUT2D eigenvalue weighted by Gasteiger charge is -2.40. The first-order valence-electron chi connectivity index (χ1n) is 3.89. The molecule has 0 radical (unpaired) electrons. The van der Waals surface area contributed by atoms with E-state index in [9.17, 15) is 0 Å². The van der Waals surface area contributed by atoms with Crippen LogP contribution in [0.15, 0.2) is 0 Å². The lowest BCUT2D eigenvalue weighted by atomic mass is 9.68. The smallest absolute Gasteiger partial charge is 0.146 e. The Bertz CT molecular complexity index is 181. The minimum atomic E-state index is -0.543. The summed E-state index contributed by atoms with van der Waals surface area (Å²) in [4.78, 5) is 0. The highest BCUT2D eigenvalue weighted by Crippen LogP contribution is 2.41. The standard InChI is InChI=1S/C8H13NO3/c1-11-6-12-7-2-8(3-7,4-9)5-10/h7,10H,2-3,5-6H2,1H3. The maximum Gasteiger partial charge on any atom is 0.146 e. The second kappa shape index (κ2) is 3.85. The van der Waals surface area contributed by atoms with Crippen LogP contribution in [0.4, 0.5) is 0 Å². The minimum absolute atomic E-state index is 0.0731. The first kappa shape index (κ1) is 9.46. The molecular formula is C8H13NO3. The zero-order valence-electron chi connectivity index (χ0n) is 7.12. The molecule has 0 unspecified atom stereocenters. The Hall–Kier alpha value is -0.630. The average molecular weight is 171 g/mol. The van der Waals surface area contributed by atoms with Crippen molar-refractivity contribution in [1.82, 2.24) is 0 Å². The molecule has 0 aromatic heterocycles. The molecule has 0 saturated heterocycles. The molecule has 4 heteroatoms. The third kappa shape index (κ3) is 1.75. The Kier molecular flexibility index (Phi) is 3.04. The molecule has 1 N–H and O–H groups in total. The summed E-state index contributed by atoms with van der Waals surface area (Å²) in [7, 11) is 1.56. The van der Waals surface area contributed by atoms with E-state index in [1.807, 2.05) is 0 Å². The highest BCUT2D eigenvalue weighted by molar-refractivity contribution is 5.08. The fourth-order valence-electron chi connectivity index (χ4n) is 1.35. The summed E-state index contributed by atoms with van der Waals surface area (Å²) >= 11 is 0. The van der Waals surface area contributed by atoms with Crippen molar-refractivity contribution >= 4 is 0 Å². The molecule has 0 atom stereocenters. The van der Waals surface area contributed by atoms with Crippen molar-refractivity contribution in [2.24, 2.45) is 5.41 Å². The van der Waals surface area contributed by atoms with Crippen LogP contribution in [-0.4, -0.2) is 31.7 Å². The summed E-state index contributed by atoms with van der Waals surface area (Å²) in [5.41, 5.74) is -0.543. The number of hydrogen-bond donors (Lipinski definition) is 1. The fourth-order valence-corrected chi connectivity index (χ4v) is 1.35. The number of ether oxygens (including phenoxy) is 2. The molecule has 1 fully saturated rings. The summed E-state index contributed by atoms with van der Waals surface area (Å²) in [6.45, 7) is 0.188. The predicted octanol–water partition coefficient (Wildman–Crippen LogP) is 0.272. The van der Waals surface area contributed by atoms with Gasteiger partial charge in [-0.1, -0.05) is 0 Å². The maximum atomic E-state index is 8.87. The van der Waals surface area contributed by atoms with E-state index in [0.29, 0.717) is 12.8 Å². The van der Waals surface area contributed by atoms with Crippen molar-refractivity contribution in [3.8, 4) is 6.07 Å². The third-order valence-electron chi connectivity index (χ3n) is 2.20. The number of nitrogens with zero attached hydrogens (tertiary/aromatic N) is 1. The van der Waals surface area contributed by atoms with Crippen molar-refractivity contribution in [3.05, 3.63) is 0 Å². The van der Waals surface area contributed by atoms with E-state index in [-0.39, 0.29) is 19.5 Å².